The first kappa shape index (κ1) is 16.9. The van der Waals surface area contributed by atoms with Crippen LogP contribution in [0.2, 0.25) is 0 Å². The molecule has 0 saturated carbocycles. The largest absolute Gasteiger partial charge is 0.368 e. The van der Waals surface area contributed by atoms with Gasteiger partial charge in [0.15, 0.2) is 0 Å². The Kier molecular flexibility index (Phi) is 5.08. The Morgan fingerprint density at radius 1 is 1.35 bits per heavy atom. The number of pyridine rings is 1. The van der Waals surface area contributed by atoms with Crippen molar-refractivity contribution < 1.29 is 9.53 Å². The molecule has 6 nitrogen and oxygen atoms in total. The van der Waals surface area contributed by atoms with E-state index in [1.54, 1.807) is 23.7 Å². The van der Waals surface area contributed by atoms with Crippen LogP contribution in [-0.2, 0) is 16.1 Å². The number of ether oxygens (including phenoxy) is 1. The van der Waals surface area contributed by atoms with E-state index >= 15 is 0 Å². The van der Waals surface area contributed by atoms with Crippen LogP contribution in [0.4, 0.5) is 0 Å². The summed E-state index contributed by atoms with van der Waals surface area (Å²) in [4.78, 5) is 17.4. The number of rotatable bonds is 6. The summed E-state index contributed by atoms with van der Waals surface area (Å²) < 4.78 is 7.38. The van der Waals surface area contributed by atoms with Gasteiger partial charge < -0.3 is 10.1 Å². The molecule has 1 amide bonds. The molecule has 7 heteroatoms. The van der Waals surface area contributed by atoms with E-state index in [-0.39, 0.29) is 12.0 Å². The summed E-state index contributed by atoms with van der Waals surface area (Å²) in [5.41, 5.74) is 3.22. The fourth-order valence-electron chi connectivity index (χ4n) is 3.15. The van der Waals surface area contributed by atoms with Crippen LogP contribution in [-0.4, -0.2) is 39.9 Å². The smallest absolute Gasteiger partial charge is 0.249 e. The number of thiophene rings is 1. The number of hydrogen-bond acceptors (Lipinski definition) is 5. The van der Waals surface area contributed by atoms with Crippen molar-refractivity contribution in [1.29, 1.82) is 0 Å². The average molecular weight is 368 g/mol. The van der Waals surface area contributed by atoms with Crippen molar-refractivity contribution in [1.82, 2.24) is 20.1 Å². The molecule has 0 spiro atoms. The van der Waals surface area contributed by atoms with Crippen LogP contribution >= 0.6 is 11.3 Å². The summed E-state index contributed by atoms with van der Waals surface area (Å²) >= 11 is 1.68. The molecular weight excluding hydrogens is 348 g/mol. The number of nitrogens with one attached hydrogen (secondary N) is 1. The Morgan fingerprint density at radius 2 is 2.23 bits per heavy atom. The number of carbonyl (C=O) groups is 1. The minimum atomic E-state index is -0.295. The third-order valence-corrected chi connectivity index (χ3v) is 5.31. The first-order valence-electron chi connectivity index (χ1n) is 8.72. The van der Waals surface area contributed by atoms with Crippen molar-refractivity contribution in [2.24, 2.45) is 0 Å². The molecule has 1 atom stereocenters. The van der Waals surface area contributed by atoms with Crippen molar-refractivity contribution in [2.75, 3.05) is 13.2 Å². The zero-order valence-corrected chi connectivity index (χ0v) is 15.1. The lowest BCUT2D eigenvalue weighted by Crippen LogP contribution is -2.36. The first-order valence-corrected chi connectivity index (χ1v) is 9.60. The second-order valence-corrected chi connectivity index (χ2v) is 7.08. The van der Waals surface area contributed by atoms with E-state index in [0.29, 0.717) is 19.7 Å². The quantitative estimate of drug-likeness (QED) is 0.726. The van der Waals surface area contributed by atoms with Crippen LogP contribution in [0.25, 0.3) is 21.7 Å². The standard InChI is InChI=1S/C19H20N4O2S/c24-19(16-3-1-11-25-16)21-9-10-23-18(17-4-2-12-26-17)15(13-22-23)14-5-7-20-8-6-14/h2,4-8,12-13,16H,1,3,9-11H2,(H,21,24). The van der Waals surface area contributed by atoms with Gasteiger partial charge in [-0.15, -0.1) is 11.3 Å². The molecular formula is C19H20N4O2S. The van der Waals surface area contributed by atoms with Gasteiger partial charge in [-0.25, -0.2) is 0 Å². The van der Waals surface area contributed by atoms with Crippen LogP contribution in [0.1, 0.15) is 12.8 Å². The van der Waals surface area contributed by atoms with Crippen molar-refractivity contribution in [3.8, 4) is 21.7 Å². The summed E-state index contributed by atoms with van der Waals surface area (Å²) in [5, 5.41) is 9.58. The minimum absolute atomic E-state index is 0.0262. The van der Waals surface area contributed by atoms with Crippen LogP contribution in [0.15, 0.2) is 48.2 Å². The third-order valence-electron chi connectivity index (χ3n) is 4.43. The maximum absolute atomic E-state index is 12.1. The first-order chi connectivity index (χ1) is 12.8. The topological polar surface area (TPSA) is 69.0 Å². The highest BCUT2D eigenvalue weighted by Crippen LogP contribution is 2.34. The van der Waals surface area contributed by atoms with Gasteiger partial charge >= 0.3 is 0 Å². The van der Waals surface area contributed by atoms with E-state index in [4.69, 9.17) is 4.74 Å². The van der Waals surface area contributed by atoms with Crippen LogP contribution < -0.4 is 5.32 Å². The third kappa shape index (κ3) is 3.54. The van der Waals surface area contributed by atoms with Gasteiger partial charge in [0, 0.05) is 31.1 Å². The second-order valence-electron chi connectivity index (χ2n) is 6.14. The number of hydrogen-bond donors (Lipinski definition) is 1. The Hall–Kier alpha value is -2.51. The lowest BCUT2D eigenvalue weighted by atomic mass is 10.1. The molecule has 1 unspecified atom stereocenters. The highest BCUT2D eigenvalue weighted by molar-refractivity contribution is 7.13. The zero-order valence-electron chi connectivity index (χ0n) is 14.3. The normalized spacial score (nSPS) is 16.7. The van der Waals surface area contributed by atoms with E-state index in [9.17, 15) is 4.79 Å². The van der Waals surface area contributed by atoms with Crippen molar-refractivity contribution in [3.63, 3.8) is 0 Å². The Bertz CT molecular complexity index is 855. The molecule has 0 bridgehead atoms. The SMILES string of the molecule is O=C(NCCn1ncc(-c2ccncc2)c1-c1cccs1)C1CCCO1. The molecule has 0 aliphatic carbocycles. The van der Waals surface area contributed by atoms with Crippen molar-refractivity contribution in [3.05, 3.63) is 48.2 Å². The van der Waals surface area contributed by atoms with Gasteiger partial charge in [-0.05, 0) is 42.0 Å². The van der Waals surface area contributed by atoms with Crippen molar-refractivity contribution >= 4 is 17.2 Å². The van der Waals surface area contributed by atoms with E-state index < -0.39 is 0 Å². The molecule has 4 heterocycles. The van der Waals surface area contributed by atoms with Gasteiger partial charge in [-0.2, -0.15) is 5.10 Å². The Labute approximate surface area is 155 Å². The summed E-state index contributed by atoms with van der Waals surface area (Å²) in [6, 6.07) is 8.09. The molecule has 1 N–H and O–H groups in total. The highest BCUT2D eigenvalue weighted by atomic mass is 32.1. The maximum atomic E-state index is 12.1. The molecule has 0 radical (unpaired) electrons. The Balaban J connectivity index is 1.52. The molecule has 1 aliphatic heterocycles. The van der Waals surface area contributed by atoms with Gasteiger partial charge in [0.1, 0.15) is 6.10 Å². The predicted molar refractivity (Wildman–Crippen MR) is 101 cm³/mol. The number of amides is 1. The van der Waals surface area contributed by atoms with E-state index in [0.717, 1.165) is 34.5 Å². The monoisotopic (exact) mass is 368 g/mol. The van der Waals surface area contributed by atoms with Gasteiger partial charge in [-0.1, -0.05) is 6.07 Å². The van der Waals surface area contributed by atoms with E-state index in [2.05, 4.69) is 26.8 Å². The fraction of sp³-hybridized carbons (Fsp3) is 0.316. The maximum Gasteiger partial charge on any atom is 0.249 e. The predicted octanol–water partition coefficient (Wildman–Crippen LogP) is 2.97. The molecule has 1 fully saturated rings. The molecule has 1 aliphatic rings. The summed E-state index contributed by atoms with van der Waals surface area (Å²) in [6.07, 6.45) is 6.91. The molecule has 4 rings (SSSR count). The molecule has 3 aromatic rings. The average Bonchev–Trinajstić information content (AvgIpc) is 3.42. The van der Waals surface area contributed by atoms with Crippen LogP contribution in [0.5, 0.6) is 0 Å². The van der Waals surface area contributed by atoms with Crippen molar-refractivity contribution in [2.45, 2.75) is 25.5 Å². The van der Waals surface area contributed by atoms with E-state index in [1.807, 2.05) is 29.1 Å². The number of aromatic nitrogens is 3. The lowest BCUT2D eigenvalue weighted by Gasteiger charge is -2.12. The van der Waals surface area contributed by atoms with E-state index in [1.165, 1.54) is 0 Å². The summed E-state index contributed by atoms with van der Waals surface area (Å²) in [6.45, 7) is 1.81. The summed E-state index contributed by atoms with van der Waals surface area (Å²) in [7, 11) is 0. The van der Waals surface area contributed by atoms with Crippen LogP contribution in [0, 0.1) is 0 Å². The van der Waals surface area contributed by atoms with Crippen LogP contribution in [0.3, 0.4) is 0 Å². The van der Waals surface area contributed by atoms with Gasteiger partial charge in [0.25, 0.3) is 0 Å². The highest BCUT2D eigenvalue weighted by Gasteiger charge is 2.23. The van der Waals surface area contributed by atoms with Gasteiger partial charge in [-0.3, -0.25) is 14.5 Å². The minimum Gasteiger partial charge on any atom is -0.368 e. The molecule has 3 aromatic heterocycles. The van der Waals surface area contributed by atoms with Gasteiger partial charge in [0.05, 0.1) is 23.3 Å². The lowest BCUT2D eigenvalue weighted by molar-refractivity contribution is -0.130. The molecule has 1 saturated heterocycles. The Morgan fingerprint density at radius 3 is 2.96 bits per heavy atom. The zero-order chi connectivity index (χ0) is 17.8. The number of nitrogens with zero attached hydrogens (tertiary/aromatic N) is 3. The molecule has 134 valence electrons. The second kappa shape index (κ2) is 7.80. The fourth-order valence-corrected chi connectivity index (χ4v) is 3.94. The molecule has 0 aromatic carbocycles. The summed E-state index contributed by atoms with van der Waals surface area (Å²) in [5.74, 6) is -0.0262. The van der Waals surface area contributed by atoms with Gasteiger partial charge in [0.2, 0.25) is 5.91 Å². The molecule has 26 heavy (non-hydrogen) atoms. The number of carbonyl (C=O) groups excluding carboxylic acids is 1.